The van der Waals surface area contributed by atoms with E-state index in [1.165, 1.54) is 19.3 Å². The smallest absolute Gasteiger partial charge is 0.384 e. The van der Waals surface area contributed by atoms with E-state index in [2.05, 4.69) is 14.5 Å². The molecular formula is C22H32F3N3O2. The predicted molar refractivity (Wildman–Crippen MR) is 110 cm³/mol. The minimum Gasteiger partial charge on any atom is -0.384 e. The Balaban J connectivity index is 0.000000235. The van der Waals surface area contributed by atoms with Gasteiger partial charge >= 0.3 is 6.18 Å². The van der Waals surface area contributed by atoms with Crippen molar-refractivity contribution in [1.29, 1.82) is 0 Å². The average Bonchev–Trinajstić information content (AvgIpc) is 2.87. The molecule has 3 rings (SSSR count). The Labute approximate surface area is 175 Å². The molecule has 0 spiro atoms. The summed E-state index contributed by atoms with van der Waals surface area (Å²) in [5.74, 6) is 0.674. The second kappa shape index (κ2) is 8.65. The number of pyridine rings is 1. The van der Waals surface area contributed by atoms with E-state index < -0.39 is 23.6 Å². The number of imidazole rings is 1. The minimum atomic E-state index is -4.29. The summed E-state index contributed by atoms with van der Waals surface area (Å²) in [6.07, 6.45) is -0.846. The highest BCUT2D eigenvalue weighted by atomic mass is 19.4. The lowest BCUT2D eigenvalue weighted by atomic mass is 9.86. The van der Waals surface area contributed by atoms with Crippen LogP contribution >= 0.6 is 0 Å². The molecule has 1 N–H and O–H groups in total. The number of aryl methyl sites for hydroxylation is 1. The van der Waals surface area contributed by atoms with E-state index in [1.54, 1.807) is 20.8 Å². The molecular weight excluding hydrogens is 395 g/mol. The Bertz CT molecular complexity index is 891. The van der Waals surface area contributed by atoms with Crippen molar-refractivity contribution < 1.29 is 23.1 Å². The molecule has 1 aliphatic rings. The Kier molecular flexibility index (Phi) is 7.01. The molecule has 30 heavy (non-hydrogen) atoms. The normalized spacial score (nSPS) is 15.5. The second-order valence-corrected chi connectivity index (χ2v) is 9.16. The van der Waals surface area contributed by atoms with Crippen molar-refractivity contribution >= 4 is 16.9 Å². The van der Waals surface area contributed by atoms with Crippen molar-refractivity contribution in [3.05, 3.63) is 23.7 Å². The number of Topliss-reactive ketones (excluding diaryl/α,β-unsaturated/α-hetero) is 1. The van der Waals surface area contributed by atoms with Crippen LogP contribution in [0.3, 0.4) is 0 Å². The Morgan fingerprint density at radius 3 is 2.20 bits per heavy atom. The van der Waals surface area contributed by atoms with Crippen LogP contribution in [-0.4, -0.2) is 31.6 Å². The molecule has 0 bridgehead atoms. The van der Waals surface area contributed by atoms with E-state index in [0.717, 1.165) is 30.8 Å². The number of fused-ring (bicyclic) bond motifs is 1. The first kappa shape index (κ1) is 24.3. The summed E-state index contributed by atoms with van der Waals surface area (Å²) < 4.78 is 38.8. The third-order valence-electron chi connectivity index (χ3n) is 5.58. The first-order valence-electron chi connectivity index (χ1n) is 10.3. The van der Waals surface area contributed by atoms with Crippen LogP contribution in [0.1, 0.15) is 84.3 Å². The summed E-state index contributed by atoms with van der Waals surface area (Å²) in [6, 6.07) is 4.36. The molecule has 0 unspecified atom stereocenters. The van der Waals surface area contributed by atoms with E-state index in [0.29, 0.717) is 11.7 Å². The molecule has 0 aliphatic heterocycles. The number of alkyl halides is 3. The molecule has 2 aromatic rings. The molecule has 168 valence electrons. The lowest BCUT2D eigenvalue weighted by molar-refractivity contribution is -0.213. The summed E-state index contributed by atoms with van der Waals surface area (Å²) in [5.41, 5.74) is -0.253. The zero-order chi connectivity index (χ0) is 22.9. The van der Waals surface area contributed by atoms with Crippen molar-refractivity contribution in [2.75, 3.05) is 0 Å². The first-order valence-corrected chi connectivity index (χ1v) is 10.3. The molecule has 2 aromatic heterocycles. The maximum Gasteiger partial charge on any atom is 0.394 e. The standard InChI is InChI=1S/C14H19N3O.C8H13F3O/c1-9-15-11-7-8-12(14(2,3)18)16-13(11)17(9)10-5-4-6-10;1-4-6(12)5-7(2,3)8(9,10)11/h7-8,10,18H,4-6H2,1-3H3;4-5H2,1-3H3. The second-order valence-electron chi connectivity index (χ2n) is 9.16. The van der Waals surface area contributed by atoms with Gasteiger partial charge in [-0.15, -0.1) is 0 Å². The first-order chi connectivity index (χ1) is 13.7. The molecule has 1 aliphatic carbocycles. The SMILES string of the molecule is CCC(=O)CC(C)(C)C(F)(F)F.Cc1nc2ccc(C(C)(C)O)nc2n1C1CCC1. The van der Waals surface area contributed by atoms with E-state index >= 15 is 0 Å². The quantitative estimate of drug-likeness (QED) is 0.671. The molecule has 1 saturated carbocycles. The number of halogens is 3. The molecule has 0 amide bonds. The number of carbonyl (C=O) groups excluding carboxylic acids is 1. The lowest BCUT2D eigenvalue weighted by Crippen LogP contribution is -2.34. The van der Waals surface area contributed by atoms with Crippen LogP contribution in [0.25, 0.3) is 11.2 Å². The van der Waals surface area contributed by atoms with E-state index in [9.17, 15) is 23.1 Å². The van der Waals surface area contributed by atoms with Crippen molar-refractivity contribution in [1.82, 2.24) is 14.5 Å². The number of aromatic nitrogens is 3. The molecule has 0 saturated heterocycles. The van der Waals surface area contributed by atoms with Crippen LogP contribution in [0, 0.1) is 12.3 Å². The third kappa shape index (κ3) is 5.39. The summed E-state index contributed by atoms with van der Waals surface area (Å²) >= 11 is 0. The number of aliphatic hydroxyl groups is 1. The fourth-order valence-electron chi connectivity index (χ4n) is 3.23. The van der Waals surface area contributed by atoms with Crippen molar-refractivity contribution in [3.63, 3.8) is 0 Å². The van der Waals surface area contributed by atoms with E-state index in [-0.39, 0.29) is 12.2 Å². The number of rotatable bonds is 5. The van der Waals surface area contributed by atoms with Crippen LogP contribution in [0.15, 0.2) is 12.1 Å². The lowest BCUT2D eigenvalue weighted by Gasteiger charge is -2.28. The van der Waals surface area contributed by atoms with Gasteiger partial charge in [-0.2, -0.15) is 13.2 Å². The number of hydrogen-bond donors (Lipinski definition) is 1. The molecule has 0 radical (unpaired) electrons. The van der Waals surface area contributed by atoms with Crippen LogP contribution in [0.4, 0.5) is 13.2 Å². The summed E-state index contributed by atoms with van der Waals surface area (Å²) in [7, 11) is 0. The van der Waals surface area contributed by atoms with Gasteiger partial charge in [-0.05, 0) is 52.2 Å². The number of nitrogens with zero attached hydrogens (tertiary/aromatic N) is 3. The van der Waals surface area contributed by atoms with Gasteiger partial charge in [0.15, 0.2) is 5.65 Å². The zero-order valence-electron chi connectivity index (χ0n) is 18.6. The average molecular weight is 428 g/mol. The van der Waals surface area contributed by atoms with Crippen molar-refractivity contribution in [2.24, 2.45) is 5.41 Å². The highest BCUT2D eigenvalue weighted by Crippen LogP contribution is 2.40. The minimum absolute atomic E-state index is 0.166. The highest BCUT2D eigenvalue weighted by Gasteiger charge is 2.47. The van der Waals surface area contributed by atoms with Gasteiger partial charge < -0.3 is 9.67 Å². The van der Waals surface area contributed by atoms with Gasteiger partial charge in [-0.3, -0.25) is 4.79 Å². The molecule has 1 fully saturated rings. The Morgan fingerprint density at radius 1 is 1.17 bits per heavy atom. The zero-order valence-corrected chi connectivity index (χ0v) is 18.6. The molecule has 8 heteroatoms. The van der Waals surface area contributed by atoms with Gasteiger partial charge in [0.25, 0.3) is 0 Å². The molecule has 5 nitrogen and oxygen atoms in total. The summed E-state index contributed by atoms with van der Waals surface area (Å²) in [5, 5.41) is 10.1. The van der Waals surface area contributed by atoms with Crippen LogP contribution in [0.2, 0.25) is 0 Å². The van der Waals surface area contributed by atoms with Crippen LogP contribution in [-0.2, 0) is 10.4 Å². The van der Waals surface area contributed by atoms with Crippen LogP contribution in [0.5, 0.6) is 0 Å². The number of carbonyl (C=O) groups is 1. The largest absolute Gasteiger partial charge is 0.394 e. The van der Waals surface area contributed by atoms with Gasteiger partial charge in [-0.25, -0.2) is 9.97 Å². The van der Waals surface area contributed by atoms with Crippen molar-refractivity contribution in [2.45, 2.75) is 91.5 Å². The van der Waals surface area contributed by atoms with Gasteiger partial charge in [0, 0.05) is 18.9 Å². The number of ketones is 1. The fourth-order valence-corrected chi connectivity index (χ4v) is 3.23. The molecule has 2 heterocycles. The maximum atomic E-state index is 12.2. The van der Waals surface area contributed by atoms with Crippen LogP contribution < -0.4 is 0 Å². The van der Waals surface area contributed by atoms with Gasteiger partial charge in [0.05, 0.1) is 11.1 Å². The van der Waals surface area contributed by atoms with Gasteiger partial charge in [-0.1, -0.05) is 20.8 Å². The Hall–Kier alpha value is -1.96. The monoisotopic (exact) mass is 427 g/mol. The molecule has 0 atom stereocenters. The predicted octanol–water partition coefficient (Wildman–Crippen LogP) is 5.64. The summed E-state index contributed by atoms with van der Waals surface area (Å²) in [4.78, 5) is 20.0. The van der Waals surface area contributed by atoms with E-state index in [1.807, 2.05) is 19.1 Å². The highest BCUT2D eigenvalue weighted by molar-refractivity contribution is 5.78. The summed E-state index contributed by atoms with van der Waals surface area (Å²) in [6.45, 7) is 9.20. The third-order valence-corrected chi connectivity index (χ3v) is 5.58. The van der Waals surface area contributed by atoms with Gasteiger partial charge in [0.1, 0.15) is 22.7 Å². The van der Waals surface area contributed by atoms with Gasteiger partial charge in [0.2, 0.25) is 0 Å². The topological polar surface area (TPSA) is 68.0 Å². The van der Waals surface area contributed by atoms with Crippen molar-refractivity contribution in [3.8, 4) is 0 Å². The Morgan fingerprint density at radius 2 is 1.77 bits per heavy atom. The number of hydrogen-bond acceptors (Lipinski definition) is 4. The maximum absolute atomic E-state index is 12.2. The fraction of sp³-hybridized carbons (Fsp3) is 0.682. The van der Waals surface area contributed by atoms with E-state index in [4.69, 9.17) is 0 Å². The molecule has 0 aromatic carbocycles.